The number of nitrogens with one attached hydrogen (secondary N) is 2. The van der Waals surface area contributed by atoms with Crippen LogP contribution in [0, 0.1) is 6.92 Å². The summed E-state index contributed by atoms with van der Waals surface area (Å²) in [6.07, 6.45) is 0.516. The van der Waals surface area contributed by atoms with Crippen LogP contribution in [0.15, 0.2) is 64.5 Å². The molecule has 2 aromatic carbocycles. The standard InChI is InChI=1S/C19H25N3O2S.HI/c1-16-9-6-7-10-17(16)15-22-19(20-2)21-13-8-14-25(23,24)18-11-4-3-5-12-18;/h3-7,9-12H,8,13-15H2,1-2H3,(H2,20,21,22);1H. The summed E-state index contributed by atoms with van der Waals surface area (Å²) in [6, 6.07) is 16.7. The number of sulfone groups is 1. The number of rotatable bonds is 7. The Bertz CT molecular complexity index is 809. The van der Waals surface area contributed by atoms with Crippen LogP contribution in [0.1, 0.15) is 17.5 Å². The van der Waals surface area contributed by atoms with Crippen LogP contribution in [-0.4, -0.2) is 33.7 Å². The van der Waals surface area contributed by atoms with Crippen molar-refractivity contribution in [2.45, 2.75) is 24.8 Å². The van der Waals surface area contributed by atoms with E-state index in [0.717, 1.165) is 0 Å². The van der Waals surface area contributed by atoms with E-state index in [1.165, 1.54) is 11.1 Å². The highest BCUT2D eigenvalue weighted by molar-refractivity contribution is 14.0. The first-order chi connectivity index (χ1) is 12.0. The van der Waals surface area contributed by atoms with Crippen molar-refractivity contribution in [1.29, 1.82) is 0 Å². The van der Waals surface area contributed by atoms with Crippen LogP contribution in [0.5, 0.6) is 0 Å². The first-order valence-electron chi connectivity index (χ1n) is 8.30. The third-order valence-electron chi connectivity index (χ3n) is 3.92. The summed E-state index contributed by atoms with van der Waals surface area (Å²) < 4.78 is 24.4. The van der Waals surface area contributed by atoms with Gasteiger partial charge in [0.2, 0.25) is 0 Å². The summed E-state index contributed by atoms with van der Waals surface area (Å²) in [5, 5.41) is 6.40. The van der Waals surface area contributed by atoms with Gasteiger partial charge in [-0.2, -0.15) is 0 Å². The van der Waals surface area contributed by atoms with Gasteiger partial charge in [-0.25, -0.2) is 8.42 Å². The summed E-state index contributed by atoms with van der Waals surface area (Å²) in [6.45, 7) is 3.29. The Morgan fingerprint density at radius 1 is 1.00 bits per heavy atom. The predicted molar refractivity (Wildman–Crippen MR) is 118 cm³/mol. The number of aliphatic imine (C=N–C) groups is 1. The average Bonchev–Trinajstić information content (AvgIpc) is 2.63. The van der Waals surface area contributed by atoms with Gasteiger partial charge in [0.1, 0.15) is 0 Å². The van der Waals surface area contributed by atoms with Crippen LogP contribution in [0.25, 0.3) is 0 Å². The van der Waals surface area contributed by atoms with Gasteiger partial charge >= 0.3 is 0 Å². The van der Waals surface area contributed by atoms with Gasteiger partial charge in [-0.05, 0) is 36.6 Å². The Kier molecular flexibility index (Phi) is 9.64. The third kappa shape index (κ3) is 6.95. The molecule has 0 amide bonds. The van der Waals surface area contributed by atoms with E-state index in [9.17, 15) is 8.42 Å². The minimum absolute atomic E-state index is 0. The zero-order valence-corrected chi connectivity index (χ0v) is 18.3. The molecule has 2 rings (SSSR count). The lowest BCUT2D eigenvalue weighted by Crippen LogP contribution is -2.37. The smallest absolute Gasteiger partial charge is 0.191 e. The average molecular weight is 487 g/mol. The maximum absolute atomic E-state index is 12.2. The van der Waals surface area contributed by atoms with Crippen molar-refractivity contribution in [3.63, 3.8) is 0 Å². The SMILES string of the molecule is CN=C(NCCCS(=O)(=O)c1ccccc1)NCc1ccccc1C.I. The maximum atomic E-state index is 12.2. The summed E-state index contributed by atoms with van der Waals surface area (Å²) in [5.74, 6) is 0.777. The first-order valence-corrected chi connectivity index (χ1v) is 9.95. The molecular formula is C19H26IN3O2S. The van der Waals surface area contributed by atoms with E-state index < -0.39 is 9.84 Å². The number of halogens is 1. The molecule has 0 fully saturated rings. The van der Waals surface area contributed by atoms with E-state index >= 15 is 0 Å². The molecule has 0 unspecified atom stereocenters. The van der Waals surface area contributed by atoms with Gasteiger partial charge in [0.15, 0.2) is 15.8 Å². The second-order valence-electron chi connectivity index (χ2n) is 5.76. The molecule has 0 spiro atoms. The fourth-order valence-corrected chi connectivity index (χ4v) is 3.75. The zero-order valence-electron chi connectivity index (χ0n) is 15.1. The van der Waals surface area contributed by atoms with E-state index in [-0.39, 0.29) is 29.7 Å². The van der Waals surface area contributed by atoms with Crippen LogP contribution < -0.4 is 10.6 Å². The molecule has 0 heterocycles. The van der Waals surface area contributed by atoms with Crippen LogP contribution in [0.3, 0.4) is 0 Å². The fraction of sp³-hybridized carbons (Fsp3) is 0.316. The first kappa shape index (κ1) is 22.4. The van der Waals surface area contributed by atoms with Gasteiger partial charge in [-0.3, -0.25) is 4.99 Å². The van der Waals surface area contributed by atoms with E-state index in [2.05, 4.69) is 34.7 Å². The normalized spacial score (nSPS) is 11.5. The number of guanidine groups is 1. The number of benzene rings is 2. The summed E-state index contributed by atoms with van der Waals surface area (Å²) in [5.41, 5.74) is 2.43. The molecule has 0 bridgehead atoms. The number of nitrogens with zero attached hydrogens (tertiary/aromatic N) is 1. The molecule has 2 aromatic rings. The van der Waals surface area contributed by atoms with Gasteiger partial charge in [-0.1, -0.05) is 42.5 Å². The van der Waals surface area contributed by atoms with Crippen molar-refractivity contribution >= 4 is 39.8 Å². The van der Waals surface area contributed by atoms with Crippen molar-refractivity contribution in [3.05, 3.63) is 65.7 Å². The van der Waals surface area contributed by atoms with Gasteiger partial charge in [0.25, 0.3) is 0 Å². The monoisotopic (exact) mass is 487 g/mol. The van der Waals surface area contributed by atoms with Crippen LogP contribution in [0.4, 0.5) is 0 Å². The van der Waals surface area contributed by atoms with Crippen LogP contribution in [0.2, 0.25) is 0 Å². The number of hydrogen-bond donors (Lipinski definition) is 2. The molecule has 5 nitrogen and oxygen atoms in total. The molecule has 0 saturated carbocycles. The summed E-state index contributed by atoms with van der Waals surface area (Å²) >= 11 is 0. The topological polar surface area (TPSA) is 70.6 Å². The Labute approximate surface area is 173 Å². The molecule has 142 valence electrons. The Morgan fingerprint density at radius 2 is 1.65 bits per heavy atom. The van der Waals surface area contributed by atoms with E-state index in [1.54, 1.807) is 31.3 Å². The zero-order chi connectivity index (χ0) is 18.1. The van der Waals surface area contributed by atoms with Gasteiger partial charge in [0, 0.05) is 20.1 Å². The highest BCUT2D eigenvalue weighted by Gasteiger charge is 2.13. The second kappa shape index (κ2) is 11.2. The van der Waals surface area contributed by atoms with E-state index in [4.69, 9.17) is 0 Å². The highest BCUT2D eigenvalue weighted by Crippen LogP contribution is 2.10. The Hall–Kier alpha value is -1.61. The molecule has 0 radical (unpaired) electrons. The highest BCUT2D eigenvalue weighted by atomic mass is 127. The van der Waals surface area contributed by atoms with Gasteiger partial charge in [0.05, 0.1) is 10.6 Å². The third-order valence-corrected chi connectivity index (χ3v) is 5.73. The van der Waals surface area contributed by atoms with Gasteiger partial charge in [-0.15, -0.1) is 24.0 Å². The molecule has 0 aliphatic heterocycles. The lowest BCUT2D eigenvalue weighted by Gasteiger charge is -2.13. The predicted octanol–water partition coefficient (Wildman–Crippen LogP) is 3.14. The summed E-state index contributed by atoms with van der Waals surface area (Å²) in [7, 11) is -1.52. The maximum Gasteiger partial charge on any atom is 0.191 e. The van der Waals surface area contributed by atoms with Crippen molar-refractivity contribution in [2.24, 2.45) is 4.99 Å². The van der Waals surface area contributed by atoms with Gasteiger partial charge < -0.3 is 10.6 Å². The molecule has 0 aromatic heterocycles. The number of aryl methyl sites for hydroxylation is 1. The molecule has 2 N–H and O–H groups in total. The van der Waals surface area contributed by atoms with Crippen molar-refractivity contribution in [2.75, 3.05) is 19.3 Å². The largest absolute Gasteiger partial charge is 0.356 e. The molecule has 7 heteroatoms. The lowest BCUT2D eigenvalue weighted by atomic mass is 10.1. The van der Waals surface area contributed by atoms with Crippen LogP contribution in [-0.2, 0) is 16.4 Å². The molecule has 0 aliphatic carbocycles. The quantitative estimate of drug-likeness (QED) is 0.273. The number of hydrogen-bond acceptors (Lipinski definition) is 3. The van der Waals surface area contributed by atoms with Crippen LogP contribution >= 0.6 is 24.0 Å². The molecular weight excluding hydrogens is 461 g/mol. The van der Waals surface area contributed by atoms with E-state index in [0.29, 0.717) is 30.4 Å². The van der Waals surface area contributed by atoms with Crippen molar-refractivity contribution < 1.29 is 8.42 Å². The molecule has 26 heavy (non-hydrogen) atoms. The molecule has 0 atom stereocenters. The van der Waals surface area contributed by atoms with Crippen molar-refractivity contribution in [3.8, 4) is 0 Å². The minimum atomic E-state index is -3.23. The minimum Gasteiger partial charge on any atom is -0.356 e. The second-order valence-corrected chi connectivity index (χ2v) is 7.87. The van der Waals surface area contributed by atoms with E-state index in [1.807, 2.05) is 18.2 Å². The molecule has 0 saturated heterocycles. The Morgan fingerprint density at radius 3 is 2.31 bits per heavy atom. The van der Waals surface area contributed by atoms with Crippen molar-refractivity contribution in [1.82, 2.24) is 10.6 Å². The Balaban J connectivity index is 0.00000338. The molecule has 0 aliphatic rings. The summed E-state index contributed by atoms with van der Waals surface area (Å²) in [4.78, 5) is 4.54. The lowest BCUT2D eigenvalue weighted by molar-refractivity contribution is 0.592. The fourth-order valence-electron chi connectivity index (χ4n) is 2.42.